The largest absolute Gasteiger partial charge is 0.335 e. The fourth-order valence-electron chi connectivity index (χ4n) is 1.26. The van der Waals surface area contributed by atoms with E-state index < -0.39 is 29.0 Å². The van der Waals surface area contributed by atoms with Crippen LogP contribution >= 0.6 is 15.9 Å². The molecule has 2 aromatic rings. The molecule has 0 aliphatic rings. The maximum absolute atomic E-state index is 13.4. The summed E-state index contributed by atoms with van der Waals surface area (Å²) in [4.78, 5) is 3.65. The molecule has 94 valence electrons. The van der Waals surface area contributed by atoms with Crippen molar-refractivity contribution in [1.29, 1.82) is 0 Å². The first-order valence-corrected chi connectivity index (χ1v) is 5.50. The zero-order chi connectivity index (χ0) is 13.3. The molecule has 1 aromatic carbocycles. The van der Waals surface area contributed by atoms with Gasteiger partial charge < -0.3 is 5.32 Å². The van der Waals surface area contributed by atoms with E-state index in [1.54, 1.807) is 0 Å². The minimum atomic E-state index is -1.63. The molecule has 0 atom stereocenters. The summed E-state index contributed by atoms with van der Waals surface area (Å²) in [6.07, 6.45) is 1.28. The van der Waals surface area contributed by atoms with Crippen LogP contribution in [0, 0.1) is 23.3 Å². The highest BCUT2D eigenvalue weighted by molar-refractivity contribution is 9.10. The fraction of sp³-hybridized carbons (Fsp3) is 0. The van der Waals surface area contributed by atoms with Crippen LogP contribution in [0.4, 0.5) is 29.1 Å². The molecule has 0 amide bonds. The number of nitrogens with zero attached hydrogens (tertiary/aromatic N) is 1. The van der Waals surface area contributed by atoms with Gasteiger partial charge in [-0.3, -0.25) is 0 Å². The molecule has 0 bridgehead atoms. The number of halogens is 5. The van der Waals surface area contributed by atoms with E-state index in [0.717, 1.165) is 18.2 Å². The number of hydrogen-bond donors (Lipinski definition) is 1. The second-order valence-electron chi connectivity index (χ2n) is 3.33. The Morgan fingerprint density at radius 1 is 1.00 bits per heavy atom. The number of benzene rings is 1. The molecule has 7 heteroatoms. The van der Waals surface area contributed by atoms with Gasteiger partial charge in [0.15, 0.2) is 29.1 Å². The molecule has 1 N–H and O–H groups in total. The first-order chi connectivity index (χ1) is 8.49. The Kier molecular flexibility index (Phi) is 3.51. The smallest absolute Gasteiger partial charge is 0.196 e. The topological polar surface area (TPSA) is 24.9 Å². The lowest BCUT2D eigenvalue weighted by Crippen LogP contribution is -2.02. The van der Waals surface area contributed by atoms with Gasteiger partial charge in [-0.1, -0.05) is 0 Å². The van der Waals surface area contributed by atoms with Crippen molar-refractivity contribution in [2.45, 2.75) is 0 Å². The summed E-state index contributed by atoms with van der Waals surface area (Å²) in [6, 6.07) is 2.79. The van der Waals surface area contributed by atoms with Gasteiger partial charge in [-0.05, 0) is 34.1 Å². The van der Waals surface area contributed by atoms with Gasteiger partial charge >= 0.3 is 0 Å². The van der Waals surface area contributed by atoms with Crippen LogP contribution in [0.5, 0.6) is 0 Å². The minimum absolute atomic E-state index is 0.289. The SMILES string of the molecule is Fc1cc(Br)cnc1Nc1ccc(F)c(F)c1F. The van der Waals surface area contributed by atoms with Crippen LogP contribution in [-0.4, -0.2) is 4.98 Å². The predicted octanol–water partition coefficient (Wildman–Crippen LogP) is 4.14. The molecule has 18 heavy (non-hydrogen) atoms. The molecule has 0 radical (unpaired) electrons. The molecule has 0 fully saturated rings. The Labute approximate surface area is 108 Å². The summed E-state index contributed by atoms with van der Waals surface area (Å²) in [5.74, 6) is -5.42. The fourth-order valence-corrected chi connectivity index (χ4v) is 1.56. The van der Waals surface area contributed by atoms with Crippen molar-refractivity contribution in [3.05, 3.63) is 52.1 Å². The molecule has 1 heterocycles. The summed E-state index contributed by atoms with van der Waals surface area (Å²) >= 11 is 3.00. The van der Waals surface area contributed by atoms with Crippen molar-refractivity contribution < 1.29 is 17.6 Å². The monoisotopic (exact) mass is 320 g/mol. The van der Waals surface area contributed by atoms with E-state index >= 15 is 0 Å². The van der Waals surface area contributed by atoms with Crippen molar-refractivity contribution in [2.24, 2.45) is 0 Å². The minimum Gasteiger partial charge on any atom is -0.335 e. The van der Waals surface area contributed by atoms with Crippen molar-refractivity contribution in [3.63, 3.8) is 0 Å². The zero-order valence-electron chi connectivity index (χ0n) is 8.65. The Morgan fingerprint density at radius 2 is 1.72 bits per heavy atom. The number of anilines is 2. The van der Waals surface area contributed by atoms with E-state index in [9.17, 15) is 17.6 Å². The number of hydrogen-bond acceptors (Lipinski definition) is 2. The Hall–Kier alpha value is -1.63. The van der Waals surface area contributed by atoms with Crippen LogP contribution < -0.4 is 5.32 Å². The van der Waals surface area contributed by atoms with Gasteiger partial charge in [0.1, 0.15) is 0 Å². The third-order valence-corrected chi connectivity index (χ3v) is 2.53. The normalized spacial score (nSPS) is 10.5. The molecule has 1 aromatic heterocycles. The first-order valence-electron chi connectivity index (χ1n) is 4.70. The van der Waals surface area contributed by atoms with Crippen molar-refractivity contribution in [3.8, 4) is 0 Å². The molecule has 2 nitrogen and oxygen atoms in total. The number of pyridine rings is 1. The Balaban J connectivity index is 2.37. The number of rotatable bonds is 2. The average molecular weight is 321 g/mol. The summed E-state index contributed by atoms with van der Waals surface area (Å²) in [6.45, 7) is 0. The van der Waals surface area contributed by atoms with Gasteiger partial charge in [-0.25, -0.2) is 22.5 Å². The summed E-state index contributed by atoms with van der Waals surface area (Å²) in [5.41, 5.74) is -0.400. The van der Waals surface area contributed by atoms with Gasteiger partial charge in [0, 0.05) is 10.7 Å². The summed E-state index contributed by atoms with van der Waals surface area (Å²) in [7, 11) is 0. The Bertz CT molecular complexity index is 604. The van der Waals surface area contributed by atoms with Gasteiger partial charge in [0.25, 0.3) is 0 Å². The second kappa shape index (κ2) is 4.93. The molecular formula is C11H5BrF4N2. The highest BCUT2D eigenvalue weighted by atomic mass is 79.9. The van der Waals surface area contributed by atoms with Crippen LogP contribution in [0.1, 0.15) is 0 Å². The molecule has 0 unspecified atom stereocenters. The lowest BCUT2D eigenvalue weighted by atomic mass is 10.2. The quantitative estimate of drug-likeness (QED) is 0.664. The molecule has 0 spiro atoms. The molecule has 0 saturated heterocycles. The van der Waals surface area contributed by atoms with Crippen LogP contribution in [0.15, 0.2) is 28.9 Å². The lowest BCUT2D eigenvalue weighted by molar-refractivity contribution is 0.449. The second-order valence-corrected chi connectivity index (χ2v) is 4.25. The van der Waals surface area contributed by atoms with E-state index in [4.69, 9.17) is 0 Å². The van der Waals surface area contributed by atoms with Gasteiger partial charge in [0.05, 0.1) is 5.69 Å². The highest BCUT2D eigenvalue weighted by Gasteiger charge is 2.15. The van der Waals surface area contributed by atoms with Crippen LogP contribution in [0.3, 0.4) is 0 Å². The van der Waals surface area contributed by atoms with Gasteiger partial charge in [-0.15, -0.1) is 0 Å². The van der Waals surface area contributed by atoms with Crippen molar-refractivity contribution in [1.82, 2.24) is 4.98 Å². The number of nitrogens with one attached hydrogen (secondary N) is 1. The van der Waals surface area contributed by atoms with Gasteiger partial charge in [-0.2, -0.15) is 0 Å². The zero-order valence-corrected chi connectivity index (χ0v) is 10.2. The maximum atomic E-state index is 13.4. The average Bonchev–Trinajstić information content (AvgIpc) is 2.33. The van der Waals surface area contributed by atoms with E-state index in [1.165, 1.54) is 6.20 Å². The molecule has 0 aliphatic heterocycles. The van der Waals surface area contributed by atoms with E-state index in [-0.39, 0.29) is 5.82 Å². The standard InChI is InChI=1S/C11H5BrF4N2/c12-5-3-7(14)11(17-4-5)18-8-2-1-6(13)9(15)10(8)16/h1-4H,(H,17,18). The number of aromatic nitrogens is 1. The third kappa shape index (κ3) is 2.45. The van der Waals surface area contributed by atoms with Crippen LogP contribution in [0.25, 0.3) is 0 Å². The molecule has 0 aliphatic carbocycles. The van der Waals surface area contributed by atoms with Crippen molar-refractivity contribution in [2.75, 3.05) is 5.32 Å². The molecular weight excluding hydrogens is 316 g/mol. The van der Waals surface area contributed by atoms with E-state index in [0.29, 0.717) is 4.47 Å². The third-order valence-electron chi connectivity index (χ3n) is 2.10. The first kappa shape index (κ1) is 12.8. The Morgan fingerprint density at radius 3 is 2.39 bits per heavy atom. The van der Waals surface area contributed by atoms with Crippen LogP contribution in [0.2, 0.25) is 0 Å². The molecule has 0 saturated carbocycles. The van der Waals surface area contributed by atoms with Crippen LogP contribution in [-0.2, 0) is 0 Å². The maximum Gasteiger partial charge on any atom is 0.196 e. The van der Waals surface area contributed by atoms with E-state index in [2.05, 4.69) is 26.2 Å². The summed E-state index contributed by atoms with van der Waals surface area (Å²) in [5, 5.41) is 2.25. The molecule has 2 rings (SSSR count). The predicted molar refractivity (Wildman–Crippen MR) is 61.5 cm³/mol. The highest BCUT2D eigenvalue weighted by Crippen LogP contribution is 2.24. The van der Waals surface area contributed by atoms with Crippen molar-refractivity contribution >= 4 is 27.4 Å². The van der Waals surface area contributed by atoms with E-state index in [1.807, 2.05) is 0 Å². The van der Waals surface area contributed by atoms with Gasteiger partial charge in [0.2, 0.25) is 0 Å². The summed E-state index contributed by atoms with van der Waals surface area (Å²) < 4.78 is 52.8. The lowest BCUT2D eigenvalue weighted by Gasteiger charge is -2.08.